The number of esters is 1. The zero-order valence-corrected chi connectivity index (χ0v) is 15.6. The number of hydrogen-bond donors (Lipinski definition) is 1. The van der Waals surface area contributed by atoms with Gasteiger partial charge in [0.1, 0.15) is 5.41 Å². The number of allylic oxidation sites excluding steroid dienone is 1. The molecule has 1 N–H and O–H groups in total. The molecule has 0 aliphatic carbocycles. The Balaban J connectivity index is 5.82. The molecule has 0 aliphatic rings. The van der Waals surface area contributed by atoms with Crippen LogP contribution in [0.4, 0.5) is 0 Å². The van der Waals surface area contributed by atoms with Crippen molar-refractivity contribution in [2.45, 2.75) is 73.6 Å². The van der Waals surface area contributed by atoms with Crippen LogP contribution >= 0.6 is 0 Å². The Morgan fingerprint density at radius 2 is 1.65 bits per heavy atom. The minimum atomic E-state index is -1.18. The third-order valence-electron chi connectivity index (χ3n) is 4.22. The van der Waals surface area contributed by atoms with Crippen LogP contribution in [0.3, 0.4) is 0 Å². The van der Waals surface area contributed by atoms with E-state index in [2.05, 4.69) is 0 Å². The second-order valence-corrected chi connectivity index (χ2v) is 6.85. The third kappa shape index (κ3) is 6.00. The van der Waals surface area contributed by atoms with Crippen molar-refractivity contribution in [3.63, 3.8) is 0 Å². The molecule has 0 fully saturated rings. The Bertz CT molecular complexity index is 410. The maximum absolute atomic E-state index is 12.6. The summed E-state index contributed by atoms with van der Waals surface area (Å²) in [7, 11) is 0. The predicted octanol–water partition coefficient (Wildman–Crippen LogP) is 4.83. The Morgan fingerprint density at radius 3 is 2.04 bits per heavy atom. The highest BCUT2D eigenvalue weighted by atomic mass is 16.5. The zero-order valence-electron chi connectivity index (χ0n) is 15.6. The zero-order chi connectivity index (χ0) is 18.0. The predicted molar refractivity (Wildman–Crippen MR) is 93.2 cm³/mol. The van der Waals surface area contributed by atoms with Crippen LogP contribution in [0.2, 0.25) is 0 Å². The maximum Gasteiger partial charge on any atom is 0.334 e. The van der Waals surface area contributed by atoms with Gasteiger partial charge in [-0.2, -0.15) is 0 Å². The van der Waals surface area contributed by atoms with E-state index in [9.17, 15) is 14.7 Å². The van der Waals surface area contributed by atoms with E-state index in [0.717, 1.165) is 25.7 Å². The summed E-state index contributed by atoms with van der Waals surface area (Å²) >= 11 is 0. The van der Waals surface area contributed by atoms with Crippen LogP contribution in [0.25, 0.3) is 0 Å². The summed E-state index contributed by atoms with van der Waals surface area (Å²) in [6.45, 7) is 12.0. The van der Waals surface area contributed by atoms with E-state index in [-0.39, 0.29) is 11.8 Å². The van der Waals surface area contributed by atoms with Gasteiger partial charge < -0.3 is 9.84 Å². The molecule has 1 unspecified atom stereocenters. The van der Waals surface area contributed by atoms with Crippen LogP contribution in [-0.2, 0) is 14.3 Å². The average Bonchev–Trinajstić information content (AvgIpc) is 2.45. The second kappa shape index (κ2) is 10.5. The summed E-state index contributed by atoms with van der Waals surface area (Å²) in [5, 5.41) is 9.98. The number of aliphatic carboxylic acids is 1. The number of ether oxygens (including phenoxy) is 1. The summed E-state index contributed by atoms with van der Waals surface area (Å²) in [5.41, 5.74) is -0.858. The number of hydrogen-bond acceptors (Lipinski definition) is 3. The van der Waals surface area contributed by atoms with E-state index in [1.54, 1.807) is 6.08 Å². The first kappa shape index (κ1) is 21.7. The minimum Gasteiger partial charge on any atom is -0.481 e. The highest BCUT2D eigenvalue weighted by Gasteiger charge is 2.47. The molecular weight excluding hydrogens is 292 g/mol. The lowest BCUT2D eigenvalue weighted by molar-refractivity contribution is -0.154. The van der Waals surface area contributed by atoms with Gasteiger partial charge in [-0.3, -0.25) is 4.79 Å². The van der Waals surface area contributed by atoms with E-state index in [0.29, 0.717) is 18.6 Å². The van der Waals surface area contributed by atoms with E-state index in [1.165, 1.54) is 0 Å². The van der Waals surface area contributed by atoms with Gasteiger partial charge in [-0.1, -0.05) is 66.9 Å². The van der Waals surface area contributed by atoms with E-state index in [1.807, 2.05) is 41.5 Å². The van der Waals surface area contributed by atoms with Crippen LogP contribution in [0.15, 0.2) is 11.6 Å². The number of rotatable bonds is 11. The van der Waals surface area contributed by atoms with Gasteiger partial charge in [0.2, 0.25) is 0 Å². The van der Waals surface area contributed by atoms with Gasteiger partial charge >= 0.3 is 11.9 Å². The molecule has 0 saturated carbocycles. The van der Waals surface area contributed by atoms with E-state index in [4.69, 9.17) is 4.74 Å². The molecule has 0 saturated heterocycles. The van der Waals surface area contributed by atoms with Crippen molar-refractivity contribution >= 4 is 11.9 Å². The van der Waals surface area contributed by atoms with Gasteiger partial charge in [-0.05, 0) is 24.7 Å². The fraction of sp³-hybridized carbons (Fsp3) is 0.789. The molecule has 0 aromatic carbocycles. The van der Waals surface area contributed by atoms with Crippen molar-refractivity contribution in [3.05, 3.63) is 11.6 Å². The molecule has 0 aromatic rings. The van der Waals surface area contributed by atoms with Gasteiger partial charge in [0.05, 0.1) is 12.2 Å². The summed E-state index contributed by atoms with van der Waals surface area (Å²) in [5.74, 6) is -1.50. The number of unbranched alkanes of at least 4 members (excludes halogenated alkanes) is 2. The fourth-order valence-corrected chi connectivity index (χ4v) is 2.78. The van der Waals surface area contributed by atoms with Crippen molar-refractivity contribution < 1.29 is 19.4 Å². The van der Waals surface area contributed by atoms with Crippen molar-refractivity contribution in [1.82, 2.24) is 0 Å². The van der Waals surface area contributed by atoms with Gasteiger partial charge in [0, 0.05) is 0 Å². The molecule has 0 spiro atoms. The highest BCUT2D eigenvalue weighted by molar-refractivity contribution is 5.98. The van der Waals surface area contributed by atoms with E-state index < -0.39 is 17.4 Å². The highest BCUT2D eigenvalue weighted by Crippen LogP contribution is 2.42. The van der Waals surface area contributed by atoms with Crippen molar-refractivity contribution in [3.8, 4) is 0 Å². The summed E-state index contributed by atoms with van der Waals surface area (Å²) in [4.78, 5) is 24.8. The normalized spacial score (nSPS) is 14.9. The molecule has 23 heavy (non-hydrogen) atoms. The SMILES string of the molecule is CCCCOC(=O)C(=CC(C)C)C(CCCC)(C(=O)O)C(C)C. The summed E-state index contributed by atoms with van der Waals surface area (Å²) < 4.78 is 5.36. The van der Waals surface area contributed by atoms with Gasteiger partial charge in [0.15, 0.2) is 0 Å². The smallest absolute Gasteiger partial charge is 0.334 e. The first-order chi connectivity index (χ1) is 10.7. The topological polar surface area (TPSA) is 63.6 Å². The van der Waals surface area contributed by atoms with Crippen molar-refractivity contribution in [1.29, 1.82) is 0 Å². The van der Waals surface area contributed by atoms with Crippen LogP contribution in [-0.4, -0.2) is 23.7 Å². The lowest BCUT2D eigenvalue weighted by Crippen LogP contribution is -2.41. The fourth-order valence-electron chi connectivity index (χ4n) is 2.78. The first-order valence-electron chi connectivity index (χ1n) is 8.86. The molecule has 0 bridgehead atoms. The monoisotopic (exact) mass is 326 g/mol. The quantitative estimate of drug-likeness (QED) is 0.335. The minimum absolute atomic E-state index is 0.0860. The second-order valence-electron chi connectivity index (χ2n) is 6.85. The molecular formula is C19H34O4. The molecule has 0 radical (unpaired) electrons. The number of carbonyl (C=O) groups is 2. The lowest BCUT2D eigenvalue weighted by Gasteiger charge is -2.35. The van der Waals surface area contributed by atoms with Crippen LogP contribution in [0.5, 0.6) is 0 Å². The van der Waals surface area contributed by atoms with Gasteiger partial charge in [0.25, 0.3) is 0 Å². The summed E-state index contributed by atoms with van der Waals surface area (Å²) in [6.07, 6.45) is 5.61. The average molecular weight is 326 g/mol. The molecule has 0 rings (SSSR count). The van der Waals surface area contributed by atoms with Gasteiger partial charge in [-0.25, -0.2) is 4.79 Å². The number of carboxylic acid groups (broad SMARTS) is 1. The molecule has 1 atom stereocenters. The third-order valence-corrected chi connectivity index (χ3v) is 4.22. The first-order valence-corrected chi connectivity index (χ1v) is 8.86. The molecule has 0 amide bonds. The largest absolute Gasteiger partial charge is 0.481 e. The maximum atomic E-state index is 12.6. The standard InChI is InChI=1S/C19H34O4/c1-7-9-11-19(15(5)6,18(21)22)16(13-14(3)4)17(20)23-12-10-8-2/h13-15H,7-12H2,1-6H3,(H,21,22). The Hall–Kier alpha value is -1.32. The Labute approximate surface area is 141 Å². The Morgan fingerprint density at radius 1 is 1.09 bits per heavy atom. The van der Waals surface area contributed by atoms with E-state index >= 15 is 0 Å². The summed E-state index contributed by atoms with van der Waals surface area (Å²) in [6, 6.07) is 0. The molecule has 4 nitrogen and oxygen atoms in total. The van der Waals surface area contributed by atoms with Crippen LogP contribution in [0.1, 0.15) is 73.6 Å². The molecule has 0 aromatic heterocycles. The van der Waals surface area contributed by atoms with Gasteiger partial charge in [-0.15, -0.1) is 0 Å². The molecule has 0 heterocycles. The molecule has 134 valence electrons. The lowest BCUT2D eigenvalue weighted by atomic mass is 9.67. The number of carbonyl (C=O) groups excluding carboxylic acids is 1. The Kier molecular flexibility index (Phi) is 9.85. The molecule has 0 aliphatic heterocycles. The van der Waals surface area contributed by atoms with Crippen molar-refractivity contribution in [2.24, 2.45) is 17.3 Å². The number of carboxylic acids is 1. The molecule has 4 heteroatoms. The van der Waals surface area contributed by atoms with Crippen LogP contribution < -0.4 is 0 Å². The van der Waals surface area contributed by atoms with Crippen molar-refractivity contribution in [2.75, 3.05) is 6.61 Å². The van der Waals surface area contributed by atoms with Crippen LogP contribution in [0, 0.1) is 17.3 Å².